The quantitative estimate of drug-likeness (QED) is 0.439. The van der Waals surface area contributed by atoms with Crippen molar-refractivity contribution < 1.29 is 0 Å². The Hall–Kier alpha value is -0.742. The summed E-state index contributed by atoms with van der Waals surface area (Å²) in [6.07, 6.45) is 0. The van der Waals surface area contributed by atoms with Crippen LogP contribution < -0.4 is 0 Å². The molecule has 0 spiro atoms. The molecule has 110 valence electrons. The SMILES string of the molecule is N#C[Se]Cc1cc(C[Se]C#N)c(C[Se]C#N)cc1C[Se]C#N. The van der Waals surface area contributed by atoms with Gasteiger partial charge in [-0.05, 0) is 0 Å². The van der Waals surface area contributed by atoms with E-state index in [1.54, 1.807) is 0 Å². The van der Waals surface area contributed by atoms with E-state index in [1.165, 1.54) is 0 Å². The van der Waals surface area contributed by atoms with Gasteiger partial charge < -0.3 is 0 Å². The van der Waals surface area contributed by atoms with Crippen LogP contribution in [0.15, 0.2) is 12.1 Å². The van der Waals surface area contributed by atoms with Crippen molar-refractivity contribution in [3.05, 3.63) is 34.4 Å². The first-order valence-electron chi connectivity index (χ1n) is 5.93. The molecule has 0 saturated heterocycles. The maximum atomic E-state index is 8.83. The summed E-state index contributed by atoms with van der Waals surface area (Å²) in [5, 5.41) is 38.3. The molecule has 22 heavy (non-hydrogen) atoms. The molecule has 0 unspecified atom stereocenters. The number of nitrogens with zero attached hydrogens (tertiary/aromatic N) is 4. The van der Waals surface area contributed by atoms with Crippen LogP contribution in [0.2, 0.25) is 0 Å². The summed E-state index contributed by atoms with van der Waals surface area (Å²) < 4.78 is 0. The van der Waals surface area contributed by atoms with Crippen molar-refractivity contribution in [3.63, 3.8) is 0 Å². The average Bonchev–Trinajstić information content (AvgIpc) is 2.55. The van der Waals surface area contributed by atoms with Gasteiger partial charge in [-0.25, -0.2) is 0 Å². The van der Waals surface area contributed by atoms with E-state index in [-0.39, 0.29) is 59.8 Å². The Bertz CT molecular complexity index is 562. The third-order valence-electron chi connectivity index (χ3n) is 2.69. The zero-order valence-corrected chi connectivity index (χ0v) is 18.3. The van der Waals surface area contributed by atoms with Crippen LogP contribution in [0.25, 0.3) is 0 Å². The van der Waals surface area contributed by atoms with Gasteiger partial charge in [-0.1, -0.05) is 0 Å². The zero-order chi connectivity index (χ0) is 16.2. The number of hydrogen-bond donors (Lipinski definition) is 0. The molecule has 0 N–H and O–H groups in total. The molecular weight excluding hydrogens is 540 g/mol. The molecule has 0 radical (unpaired) electrons. The van der Waals surface area contributed by atoms with E-state index in [2.05, 4.69) is 32.0 Å². The Kier molecular flexibility index (Phi) is 10.3. The van der Waals surface area contributed by atoms with Gasteiger partial charge in [0.2, 0.25) is 0 Å². The molecule has 0 saturated carbocycles. The molecule has 0 aliphatic rings. The van der Waals surface area contributed by atoms with Gasteiger partial charge in [0.15, 0.2) is 0 Å². The van der Waals surface area contributed by atoms with Gasteiger partial charge in [0.25, 0.3) is 0 Å². The van der Waals surface area contributed by atoms with Gasteiger partial charge in [-0.15, -0.1) is 0 Å². The van der Waals surface area contributed by atoms with Crippen LogP contribution in [0.5, 0.6) is 0 Å². The van der Waals surface area contributed by atoms with Gasteiger partial charge in [0, 0.05) is 0 Å². The average molecular weight is 550 g/mol. The summed E-state index contributed by atoms with van der Waals surface area (Å²) >= 11 is -0.372. The van der Waals surface area contributed by atoms with Gasteiger partial charge in [-0.3, -0.25) is 0 Å². The number of benzene rings is 1. The van der Waals surface area contributed by atoms with E-state index in [0.717, 1.165) is 43.5 Å². The minimum atomic E-state index is -0.0931. The Morgan fingerprint density at radius 2 is 0.773 bits per heavy atom. The Labute approximate surface area is 155 Å². The molecule has 0 atom stereocenters. The van der Waals surface area contributed by atoms with Crippen LogP contribution in [-0.4, -0.2) is 59.8 Å². The molecule has 1 rings (SSSR count). The van der Waals surface area contributed by atoms with Crippen molar-refractivity contribution in [2.45, 2.75) is 21.3 Å². The minimum absolute atomic E-state index is 0.0931. The normalized spacial score (nSPS) is 9.27. The predicted molar refractivity (Wildman–Crippen MR) is 86.7 cm³/mol. The van der Waals surface area contributed by atoms with E-state index >= 15 is 0 Å². The van der Waals surface area contributed by atoms with Crippen molar-refractivity contribution in [2.24, 2.45) is 0 Å². The number of nitriles is 4. The second-order valence-electron chi connectivity index (χ2n) is 3.91. The van der Waals surface area contributed by atoms with E-state index in [9.17, 15) is 0 Å². The number of hydrogen-bond acceptors (Lipinski definition) is 4. The van der Waals surface area contributed by atoms with Crippen LogP contribution in [0, 0.1) is 40.9 Å². The molecule has 0 aromatic heterocycles. The predicted octanol–water partition coefficient (Wildman–Crippen LogP) is 0.428. The van der Waals surface area contributed by atoms with E-state index in [1.807, 2.05) is 0 Å². The third kappa shape index (κ3) is 6.57. The van der Waals surface area contributed by atoms with Crippen LogP contribution in [0.3, 0.4) is 0 Å². The molecule has 0 heterocycles. The number of rotatable bonds is 8. The standard InChI is InChI=1S/C14H10N4Se4/c15-7-19-3-11-1-12(4-20-8-16)14(6-22-10-18)2-13(11)5-21-9-17/h1-2H,3-6H2. The summed E-state index contributed by atoms with van der Waals surface area (Å²) in [6, 6.07) is 4.23. The first kappa shape index (κ1) is 19.3. The zero-order valence-electron chi connectivity index (χ0n) is 11.4. The van der Waals surface area contributed by atoms with Gasteiger partial charge in [-0.2, -0.15) is 0 Å². The maximum absolute atomic E-state index is 8.83. The fraction of sp³-hybridized carbons (Fsp3) is 0.286. The molecule has 4 nitrogen and oxygen atoms in total. The fourth-order valence-electron chi connectivity index (χ4n) is 1.77. The molecule has 1 aromatic rings. The van der Waals surface area contributed by atoms with Crippen molar-refractivity contribution in [3.8, 4) is 19.9 Å². The monoisotopic (exact) mass is 554 g/mol. The Morgan fingerprint density at radius 3 is 0.955 bits per heavy atom. The van der Waals surface area contributed by atoms with Crippen molar-refractivity contribution in [1.29, 1.82) is 21.0 Å². The summed E-state index contributed by atoms with van der Waals surface area (Å²) in [4.78, 5) is 8.90. The van der Waals surface area contributed by atoms with E-state index in [0.29, 0.717) is 0 Å². The summed E-state index contributed by atoms with van der Waals surface area (Å²) in [5.41, 5.74) is 4.59. The first-order valence-corrected chi connectivity index (χ1v) is 14.2. The fourth-order valence-corrected chi connectivity index (χ4v) is 5.87. The summed E-state index contributed by atoms with van der Waals surface area (Å²) in [6.45, 7) is 0. The Morgan fingerprint density at radius 1 is 0.545 bits per heavy atom. The topological polar surface area (TPSA) is 95.2 Å². The third-order valence-corrected chi connectivity index (χ3v) is 7.60. The van der Waals surface area contributed by atoms with E-state index < -0.39 is 0 Å². The summed E-state index contributed by atoms with van der Waals surface area (Å²) in [7, 11) is 0. The molecule has 0 aliphatic heterocycles. The second kappa shape index (κ2) is 11.8. The molecule has 0 aliphatic carbocycles. The van der Waals surface area contributed by atoms with Crippen molar-refractivity contribution in [1.82, 2.24) is 0 Å². The van der Waals surface area contributed by atoms with Crippen molar-refractivity contribution >= 4 is 59.8 Å². The second-order valence-corrected chi connectivity index (χ2v) is 10.3. The van der Waals surface area contributed by atoms with Gasteiger partial charge >= 0.3 is 156 Å². The molecular formula is C14H10N4Se4. The van der Waals surface area contributed by atoms with Crippen LogP contribution in [-0.2, 0) is 21.3 Å². The van der Waals surface area contributed by atoms with Gasteiger partial charge in [0.1, 0.15) is 0 Å². The van der Waals surface area contributed by atoms with Crippen LogP contribution >= 0.6 is 0 Å². The summed E-state index contributed by atoms with van der Waals surface area (Å²) in [5.74, 6) is 0. The molecule has 0 amide bonds. The first-order chi connectivity index (χ1) is 10.8. The van der Waals surface area contributed by atoms with Crippen LogP contribution in [0.4, 0.5) is 0 Å². The molecule has 0 bridgehead atoms. The molecule has 0 fully saturated rings. The van der Waals surface area contributed by atoms with Crippen LogP contribution in [0.1, 0.15) is 22.3 Å². The van der Waals surface area contributed by atoms with Gasteiger partial charge in [0.05, 0.1) is 0 Å². The molecule has 1 aromatic carbocycles. The van der Waals surface area contributed by atoms with E-state index in [4.69, 9.17) is 21.0 Å². The van der Waals surface area contributed by atoms with Crippen molar-refractivity contribution in [2.75, 3.05) is 0 Å². The Balaban J connectivity index is 3.17. The molecule has 8 heteroatoms.